The Morgan fingerprint density at radius 1 is 1.29 bits per heavy atom. The van der Waals surface area contributed by atoms with E-state index in [0.29, 0.717) is 0 Å². The van der Waals surface area contributed by atoms with Gasteiger partial charge in [-0.2, -0.15) is 13.2 Å². The highest BCUT2D eigenvalue weighted by atomic mass is 32.2. The number of carboxylic acid groups (broad SMARTS) is 1. The van der Waals surface area contributed by atoms with Gasteiger partial charge in [-0.15, -0.1) is 0 Å². The van der Waals surface area contributed by atoms with Crippen LogP contribution >= 0.6 is 11.8 Å². The maximum Gasteiger partial charge on any atom is 0.441 e. The van der Waals surface area contributed by atoms with E-state index in [-0.39, 0.29) is 29.7 Å². The first-order valence-corrected chi connectivity index (χ1v) is 6.46. The van der Waals surface area contributed by atoms with Crippen molar-refractivity contribution in [3.63, 3.8) is 0 Å². The highest BCUT2D eigenvalue weighted by Crippen LogP contribution is 2.29. The highest BCUT2D eigenvalue weighted by molar-refractivity contribution is 8.00. The van der Waals surface area contributed by atoms with Crippen molar-refractivity contribution in [2.24, 2.45) is 0 Å². The average molecular weight is 326 g/mol. The Hall–Kier alpha value is -1.97. The second-order valence-corrected chi connectivity index (χ2v) is 4.83. The molecule has 5 nitrogen and oxygen atoms in total. The number of carbonyl (C=O) groups excluding carboxylic acids is 1. The minimum absolute atomic E-state index is 0.00905. The summed E-state index contributed by atoms with van der Waals surface area (Å²) >= 11 is -0.280. The number of alkyl halides is 3. The minimum Gasteiger partial charge on any atom is -0.478 e. The molecule has 0 aliphatic heterocycles. The van der Waals surface area contributed by atoms with Gasteiger partial charge in [-0.05, 0) is 30.0 Å². The number of thioether (sulfide) groups is 1. The number of carboxylic acids is 1. The van der Waals surface area contributed by atoms with Crippen LogP contribution in [0.3, 0.4) is 0 Å². The molecular weight excluding hydrogens is 316 g/mol. The highest BCUT2D eigenvalue weighted by Gasteiger charge is 2.27. The molecule has 0 spiro atoms. The van der Waals surface area contributed by atoms with Gasteiger partial charge in [0, 0.05) is 18.0 Å². The van der Waals surface area contributed by atoms with E-state index in [1.807, 2.05) is 0 Å². The first kappa shape index (κ1) is 17.1. The van der Waals surface area contributed by atoms with Gasteiger partial charge >= 0.3 is 17.5 Å². The molecule has 10 heteroatoms. The fraction of sp³-hybridized carbons (Fsp3) is 0.273. The minimum atomic E-state index is -4.37. The van der Waals surface area contributed by atoms with Crippen LogP contribution in [0, 0.1) is 5.82 Å². The first-order chi connectivity index (χ1) is 9.69. The van der Waals surface area contributed by atoms with E-state index in [2.05, 4.69) is 10.6 Å². The van der Waals surface area contributed by atoms with Crippen molar-refractivity contribution in [1.29, 1.82) is 0 Å². The van der Waals surface area contributed by atoms with Crippen molar-refractivity contribution in [3.05, 3.63) is 29.6 Å². The molecule has 0 aliphatic carbocycles. The molecule has 1 aromatic carbocycles. The van der Waals surface area contributed by atoms with Crippen LogP contribution in [-0.4, -0.2) is 34.9 Å². The second-order valence-electron chi connectivity index (χ2n) is 3.67. The molecule has 1 aromatic rings. The maximum atomic E-state index is 13.1. The van der Waals surface area contributed by atoms with E-state index in [0.717, 1.165) is 18.2 Å². The number of amides is 2. The molecule has 0 bridgehead atoms. The summed E-state index contributed by atoms with van der Waals surface area (Å²) in [4.78, 5) is 22.0. The van der Waals surface area contributed by atoms with Gasteiger partial charge in [0.25, 0.3) is 0 Å². The summed E-state index contributed by atoms with van der Waals surface area (Å²) in [6.07, 6.45) is 0. The number of urea groups is 1. The van der Waals surface area contributed by atoms with Crippen molar-refractivity contribution in [3.8, 4) is 0 Å². The molecule has 116 valence electrons. The van der Waals surface area contributed by atoms with Crippen LogP contribution in [0.1, 0.15) is 10.4 Å². The van der Waals surface area contributed by atoms with Gasteiger partial charge in [0.05, 0.1) is 5.56 Å². The van der Waals surface area contributed by atoms with Crippen LogP contribution in [0.5, 0.6) is 0 Å². The second kappa shape index (κ2) is 7.16. The van der Waals surface area contributed by atoms with Crippen molar-refractivity contribution in [2.75, 3.05) is 17.6 Å². The lowest BCUT2D eigenvalue weighted by atomic mass is 10.2. The zero-order chi connectivity index (χ0) is 16.0. The zero-order valence-electron chi connectivity index (χ0n) is 10.3. The summed E-state index contributed by atoms with van der Waals surface area (Å²) in [6, 6.07) is 2.08. The topological polar surface area (TPSA) is 78.4 Å². The lowest BCUT2D eigenvalue weighted by Crippen LogP contribution is -2.31. The molecule has 21 heavy (non-hydrogen) atoms. The van der Waals surface area contributed by atoms with Crippen LogP contribution in [0.15, 0.2) is 18.2 Å². The molecule has 0 unspecified atom stereocenters. The Kier molecular flexibility index (Phi) is 5.82. The molecule has 1 rings (SSSR count). The third-order valence-electron chi connectivity index (χ3n) is 2.11. The van der Waals surface area contributed by atoms with Gasteiger partial charge in [0.2, 0.25) is 0 Å². The molecule has 0 heterocycles. The number of benzene rings is 1. The molecular formula is C11H10F4N2O3S. The first-order valence-electron chi connectivity index (χ1n) is 5.47. The van der Waals surface area contributed by atoms with Gasteiger partial charge in [-0.25, -0.2) is 14.0 Å². The van der Waals surface area contributed by atoms with E-state index >= 15 is 0 Å². The number of nitrogens with one attached hydrogen (secondary N) is 2. The van der Waals surface area contributed by atoms with Crippen LogP contribution < -0.4 is 10.6 Å². The van der Waals surface area contributed by atoms with Crippen LogP contribution in [0.4, 0.5) is 28.0 Å². The smallest absolute Gasteiger partial charge is 0.441 e. The average Bonchev–Trinajstić information content (AvgIpc) is 2.35. The van der Waals surface area contributed by atoms with Crippen molar-refractivity contribution in [1.82, 2.24) is 5.32 Å². The van der Waals surface area contributed by atoms with E-state index < -0.39 is 28.9 Å². The SMILES string of the molecule is O=C(NCCSC(F)(F)F)Nc1ccc(F)c(C(=O)O)c1. The summed E-state index contributed by atoms with van der Waals surface area (Å²) in [7, 11) is 0. The van der Waals surface area contributed by atoms with E-state index in [4.69, 9.17) is 5.11 Å². The Labute approximate surface area is 120 Å². The predicted molar refractivity (Wildman–Crippen MR) is 68.9 cm³/mol. The van der Waals surface area contributed by atoms with Gasteiger partial charge in [-0.1, -0.05) is 0 Å². The molecule has 0 radical (unpaired) electrons. The number of anilines is 1. The molecule has 2 amide bonds. The third kappa shape index (κ3) is 6.34. The molecule has 0 aromatic heterocycles. The largest absolute Gasteiger partial charge is 0.478 e. The molecule has 0 fully saturated rings. The van der Waals surface area contributed by atoms with Crippen molar-refractivity contribution in [2.45, 2.75) is 5.51 Å². The van der Waals surface area contributed by atoms with E-state index in [9.17, 15) is 27.2 Å². The Bertz CT molecular complexity index is 537. The summed E-state index contributed by atoms with van der Waals surface area (Å²) < 4.78 is 48.6. The zero-order valence-corrected chi connectivity index (χ0v) is 11.1. The number of halogens is 4. The molecule has 0 saturated carbocycles. The lowest BCUT2D eigenvalue weighted by Gasteiger charge is -2.09. The Balaban J connectivity index is 2.48. The summed E-state index contributed by atoms with van der Waals surface area (Å²) in [5.74, 6) is -2.83. The number of rotatable bonds is 5. The van der Waals surface area contributed by atoms with Gasteiger partial charge in [0.15, 0.2) is 0 Å². The molecule has 0 aliphatic rings. The molecule has 3 N–H and O–H groups in total. The monoisotopic (exact) mass is 326 g/mol. The van der Waals surface area contributed by atoms with Crippen LogP contribution in [-0.2, 0) is 0 Å². The van der Waals surface area contributed by atoms with Crippen LogP contribution in [0.25, 0.3) is 0 Å². The summed E-state index contributed by atoms with van der Waals surface area (Å²) in [5.41, 5.74) is -4.99. The fourth-order valence-electron chi connectivity index (χ4n) is 1.27. The maximum absolute atomic E-state index is 13.1. The van der Waals surface area contributed by atoms with E-state index in [1.165, 1.54) is 0 Å². The number of aromatic carboxylic acids is 1. The summed E-state index contributed by atoms with van der Waals surface area (Å²) in [5, 5.41) is 13.0. The van der Waals surface area contributed by atoms with Gasteiger partial charge in [-0.3, -0.25) is 0 Å². The van der Waals surface area contributed by atoms with Crippen molar-refractivity contribution < 1.29 is 32.3 Å². The predicted octanol–water partition coefficient (Wildman–Crippen LogP) is 2.90. The van der Waals surface area contributed by atoms with Gasteiger partial charge in [0.1, 0.15) is 5.82 Å². The van der Waals surface area contributed by atoms with Gasteiger partial charge < -0.3 is 15.7 Å². The normalized spacial score (nSPS) is 11.0. The van der Waals surface area contributed by atoms with Crippen molar-refractivity contribution >= 4 is 29.4 Å². The quantitative estimate of drug-likeness (QED) is 0.574. The lowest BCUT2D eigenvalue weighted by molar-refractivity contribution is -0.0327. The molecule has 0 saturated heterocycles. The summed E-state index contributed by atoms with van der Waals surface area (Å²) in [6.45, 7) is -0.233. The third-order valence-corrected chi connectivity index (χ3v) is 2.84. The van der Waals surface area contributed by atoms with Crippen LogP contribution in [0.2, 0.25) is 0 Å². The number of carbonyl (C=O) groups is 2. The Morgan fingerprint density at radius 2 is 1.95 bits per heavy atom. The molecule has 0 atom stereocenters. The number of hydrogen-bond donors (Lipinski definition) is 3. The fourth-order valence-corrected chi connectivity index (χ4v) is 1.71. The van der Waals surface area contributed by atoms with E-state index in [1.54, 1.807) is 0 Å². The standard InChI is InChI=1S/C11H10F4N2O3S/c12-8-2-1-6(5-7(8)9(18)19)17-10(20)16-3-4-21-11(13,14)15/h1-2,5H,3-4H2,(H,18,19)(H2,16,17,20). The number of hydrogen-bond acceptors (Lipinski definition) is 3. The Morgan fingerprint density at radius 3 is 2.52 bits per heavy atom.